The molecule has 1 amide bonds. The maximum atomic E-state index is 12.1. The van der Waals surface area contributed by atoms with Crippen LogP contribution in [0, 0.1) is 5.92 Å². The maximum absolute atomic E-state index is 12.1. The summed E-state index contributed by atoms with van der Waals surface area (Å²) in [6, 6.07) is 6.56. The van der Waals surface area contributed by atoms with Crippen LogP contribution < -0.4 is 34.7 Å². The van der Waals surface area contributed by atoms with Gasteiger partial charge in [0, 0.05) is 0 Å². The van der Waals surface area contributed by atoms with Gasteiger partial charge in [-0.2, -0.15) is 0 Å². The minimum Gasteiger partial charge on any atom is -0.543 e. The minimum atomic E-state index is -1.40. The summed E-state index contributed by atoms with van der Waals surface area (Å²) in [6.07, 6.45) is -0.459. The molecule has 0 aromatic heterocycles. The number of fused-ring (bicyclic) bond motifs is 1. The summed E-state index contributed by atoms with van der Waals surface area (Å²) >= 11 is 0. The van der Waals surface area contributed by atoms with Gasteiger partial charge in [0.15, 0.2) is 0 Å². The Morgan fingerprint density at radius 2 is 2.17 bits per heavy atom. The molecule has 0 saturated carbocycles. The van der Waals surface area contributed by atoms with Crippen LogP contribution in [-0.4, -0.2) is 39.1 Å². The molecule has 3 rings (SSSR count). The average molecular weight is 325 g/mol. The van der Waals surface area contributed by atoms with Crippen LogP contribution in [-0.2, 0) is 16.2 Å². The smallest absolute Gasteiger partial charge is 0.543 e. The topological polar surface area (TPSA) is 101 Å². The minimum absolute atomic E-state index is 0. The van der Waals surface area contributed by atoms with Gasteiger partial charge in [-0.3, -0.25) is 4.79 Å². The van der Waals surface area contributed by atoms with E-state index in [-0.39, 0.29) is 53.8 Å². The molecule has 1 aromatic rings. The van der Waals surface area contributed by atoms with Crippen LogP contribution in [0.5, 0.6) is 0 Å². The van der Waals surface area contributed by atoms with E-state index in [4.69, 9.17) is 0 Å². The number of β-lactam (4-membered cyclic amide) rings is 1. The molecular weight excluding hydrogens is 309 g/mol. The summed E-state index contributed by atoms with van der Waals surface area (Å²) < 4.78 is 0. The molecule has 1 aromatic carbocycles. The van der Waals surface area contributed by atoms with E-state index in [1.807, 2.05) is 0 Å². The van der Waals surface area contributed by atoms with Gasteiger partial charge in [-0.05, 0) is 36.1 Å². The Morgan fingerprint density at radius 3 is 2.74 bits per heavy atom. The number of carbonyl (C=O) groups is 2. The molecule has 23 heavy (non-hydrogen) atoms. The number of aliphatic hydroxyl groups excluding tert-OH is 2. The van der Waals surface area contributed by atoms with Crippen molar-refractivity contribution in [3.8, 4) is 0 Å². The van der Waals surface area contributed by atoms with Crippen molar-refractivity contribution in [1.82, 2.24) is 4.90 Å². The van der Waals surface area contributed by atoms with E-state index in [2.05, 4.69) is 0 Å². The van der Waals surface area contributed by atoms with Crippen LogP contribution in [0.4, 0.5) is 0 Å². The molecule has 116 valence electrons. The van der Waals surface area contributed by atoms with Crippen LogP contribution in [0.25, 0.3) is 5.57 Å². The molecule has 0 bridgehead atoms. The molecule has 2 aliphatic heterocycles. The number of rotatable bonds is 4. The number of carboxylic acid groups (broad SMARTS) is 1. The molecule has 0 spiro atoms. The second-order valence-electron chi connectivity index (χ2n) is 5.72. The molecular formula is C16H16NNaO5. The van der Waals surface area contributed by atoms with Gasteiger partial charge in [-0.25, -0.2) is 0 Å². The van der Waals surface area contributed by atoms with Gasteiger partial charge in [0.25, 0.3) is 0 Å². The summed E-state index contributed by atoms with van der Waals surface area (Å²) in [7, 11) is 0. The molecule has 0 aliphatic carbocycles. The molecule has 2 aliphatic rings. The monoisotopic (exact) mass is 325 g/mol. The molecule has 2 heterocycles. The third kappa shape index (κ3) is 2.86. The zero-order chi connectivity index (χ0) is 16.0. The van der Waals surface area contributed by atoms with E-state index in [0.29, 0.717) is 23.1 Å². The molecule has 3 atom stereocenters. The zero-order valence-corrected chi connectivity index (χ0v) is 15.0. The summed E-state index contributed by atoms with van der Waals surface area (Å²) in [5.41, 5.74) is 1.70. The van der Waals surface area contributed by atoms with E-state index in [9.17, 15) is 24.9 Å². The van der Waals surface area contributed by atoms with Crippen molar-refractivity contribution >= 4 is 17.4 Å². The second kappa shape index (κ2) is 6.75. The molecule has 6 nitrogen and oxygen atoms in total. The standard InChI is InChI=1S/C16H17NO5.Na/c1-8(19)13-12-6-11(10-4-2-3-9(5-10)7-18)14(16(21)22)17(12)15(13)20;/h2-5,8,12-13,18-19H,6-7H2,1H3,(H,21,22);/q;+1/p-1/t8-,12-,13-;/m1./s1. The van der Waals surface area contributed by atoms with Crippen molar-refractivity contribution in [3.05, 3.63) is 41.1 Å². The molecule has 1 saturated heterocycles. The maximum Gasteiger partial charge on any atom is 1.00 e. The van der Waals surface area contributed by atoms with Gasteiger partial charge in [0.1, 0.15) is 0 Å². The Morgan fingerprint density at radius 1 is 1.48 bits per heavy atom. The normalized spacial score (nSPS) is 24.0. The first kappa shape index (κ1) is 18.2. The largest absolute Gasteiger partial charge is 1.00 e. The molecule has 0 unspecified atom stereocenters. The summed E-state index contributed by atoms with van der Waals surface area (Å²) in [5, 5.41) is 30.4. The van der Waals surface area contributed by atoms with Crippen molar-refractivity contribution in [2.45, 2.75) is 32.1 Å². The van der Waals surface area contributed by atoms with Gasteiger partial charge in [0.05, 0.1) is 36.3 Å². The molecule has 0 radical (unpaired) electrons. The Kier molecular flexibility index (Phi) is 5.33. The summed E-state index contributed by atoms with van der Waals surface area (Å²) in [6.45, 7) is 1.38. The van der Waals surface area contributed by atoms with Crippen molar-refractivity contribution in [3.63, 3.8) is 0 Å². The number of carbonyl (C=O) groups excluding carboxylic acids is 2. The molecule has 7 heteroatoms. The first-order chi connectivity index (χ1) is 10.5. The predicted octanol–water partition coefficient (Wildman–Crippen LogP) is -3.74. The van der Waals surface area contributed by atoms with Crippen LogP contribution in [0.15, 0.2) is 30.0 Å². The third-order valence-electron chi connectivity index (χ3n) is 4.38. The van der Waals surface area contributed by atoms with Gasteiger partial charge in [0.2, 0.25) is 5.91 Å². The number of carboxylic acids is 1. The van der Waals surface area contributed by atoms with Crippen LogP contribution in [0.1, 0.15) is 24.5 Å². The second-order valence-corrected chi connectivity index (χ2v) is 5.72. The number of aliphatic hydroxyl groups is 2. The summed E-state index contributed by atoms with van der Waals surface area (Å²) in [4.78, 5) is 24.8. The number of benzene rings is 1. The Bertz CT molecular complexity index is 685. The quantitative estimate of drug-likeness (QED) is 0.438. The Balaban J connectivity index is 0.00000192. The zero-order valence-electron chi connectivity index (χ0n) is 13.0. The van der Waals surface area contributed by atoms with Crippen molar-refractivity contribution in [1.29, 1.82) is 0 Å². The van der Waals surface area contributed by atoms with E-state index in [0.717, 1.165) is 0 Å². The fraction of sp³-hybridized carbons (Fsp3) is 0.375. The first-order valence-electron chi connectivity index (χ1n) is 7.11. The van der Waals surface area contributed by atoms with Crippen LogP contribution in [0.3, 0.4) is 0 Å². The molecule has 1 fully saturated rings. The SMILES string of the molecule is C[C@@H](O)[C@H]1C(=O)N2C(C(=O)[O-])=C(c3cccc(CO)c3)C[C@H]12.[Na+]. The van der Waals surface area contributed by atoms with Crippen molar-refractivity contribution in [2.24, 2.45) is 5.92 Å². The number of hydrogen-bond donors (Lipinski definition) is 2. The summed E-state index contributed by atoms with van der Waals surface area (Å²) in [5.74, 6) is -2.36. The van der Waals surface area contributed by atoms with Gasteiger partial charge in [-0.15, -0.1) is 0 Å². The van der Waals surface area contributed by atoms with Crippen molar-refractivity contribution < 1.29 is 54.5 Å². The average Bonchev–Trinajstić information content (AvgIpc) is 2.82. The number of hydrogen-bond acceptors (Lipinski definition) is 5. The third-order valence-corrected chi connectivity index (χ3v) is 4.38. The van der Waals surface area contributed by atoms with Crippen molar-refractivity contribution in [2.75, 3.05) is 0 Å². The molecule has 2 N–H and O–H groups in total. The number of amides is 1. The van der Waals surface area contributed by atoms with Gasteiger partial charge < -0.3 is 25.0 Å². The van der Waals surface area contributed by atoms with Gasteiger partial charge >= 0.3 is 29.6 Å². The Labute approximate surface area is 155 Å². The van der Waals surface area contributed by atoms with E-state index in [1.165, 1.54) is 11.8 Å². The van der Waals surface area contributed by atoms with Crippen LogP contribution in [0.2, 0.25) is 0 Å². The van der Waals surface area contributed by atoms with E-state index < -0.39 is 18.0 Å². The first-order valence-corrected chi connectivity index (χ1v) is 7.11. The predicted molar refractivity (Wildman–Crippen MR) is 74.7 cm³/mol. The Hall–Kier alpha value is -1.18. The van der Waals surface area contributed by atoms with E-state index >= 15 is 0 Å². The van der Waals surface area contributed by atoms with Crippen LogP contribution >= 0.6 is 0 Å². The fourth-order valence-corrected chi connectivity index (χ4v) is 3.37. The number of nitrogens with zero attached hydrogens (tertiary/aromatic N) is 1. The van der Waals surface area contributed by atoms with Gasteiger partial charge in [-0.1, -0.05) is 18.2 Å². The fourth-order valence-electron chi connectivity index (χ4n) is 3.37. The van der Waals surface area contributed by atoms with E-state index in [1.54, 1.807) is 24.3 Å². The number of aliphatic carboxylic acids is 1.